The van der Waals surface area contributed by atoms with Crippen molar-refractivity contribution >= 4 is 69.4 Å². The van der Waals surface area contributed by atoms with Gasteiger partial charge < -0.3 is 55.3 Å². The minimum atomic E-state index is -6.08. The zero-order chi connectivity index (χ0) is 47.7. The number of aromatic nitrogens is 8. The summed E-state index contributed by atoms with van der Waals surface area (Å²) in [6.07, 6.45) is -8.57. The normalized spacial score (nSPS) is 25.6. The molecule has 0 radical (unpaired) electrons. The fourth-order valence-corrected chi connectivity index (χ4v) is 10.6. The SMILES string of the molecule is Nc1ncnc2c1ncn2[C@@H]1O[C@H](COP(=O)(O)OP(=O)(O)OP(=O)(O)OC[C@H]2O[C@H](n3cnc4c(N)ncnc43)[C@@H](OC(=O)Cc3ccccc3)[C@H]2O)[C@@H](O)[C@H]1OC(=O)Cc1ccccc1. The number of hydrogen-bond donors (Lipinski definition) is 7. The monoisotopic (exact) mass is 992 g/mol. The number of aliphatic hydroxyl groups excluding tert-OH is 2. The van der Waals surface area contributed by atoms with Crippen LogP contribution in [0.1, 0.15) is 23.6 Å². The lowest BCUT2D eigenvalue weighted by Crippen LogP contribution is -2.37. The number of phosphoric acid groups is 3. The molecule has 2 saturated heterocycles. The molecule has 11 atom stereocenters. The predicted molar refractivity (Wildman–Crippen MR) is 223 cm³/mol. The summed E-state index contributed by atoms with van der Waals surface area (Å²) in [6.45, 7) is -2.18. The van der Waals surface area contributed by atoms with Gasteiger partial charge >= 0.3 is 35.4 Å². The number of carbonyl (C=O) groups is 2. The number of imidazole rings is 2. The number of benzene rings is 2. The lowest BCUT2D eigenvalue weighted by Gasteiger charge is -2.22. The van der Waals surface area contributed by atoms with Crippen molar-refractivity contribution in [1.29, 1.82) is 0 Å². The smallest absolute Gasteiger partial charge is 0.454 e. The van der Waals surface area contributed by atoms with Crippen LogP contribution >= 0.6 is 23.5 Å². The number of aliphatic hydroxyl groups is 2. The van der Waals surface area contributed by atoms with E-state index in [1.165, 1.54) is 21.8 Å². The Balaban J connectivity index is 0.908. The van der Waals surface area contributed by atoms with E-state index >= 15 is 0 Å². The van der Waals surface area contributed by atoms with Crippen molar-refractivity contribution in [2.45, 2.75) is 61.9 Å². The highest BCUT2D eigenvalue weighted by atomic mass is 31.3. The van der Waals surface area contributed by atoms with E-state index in [9.17, 15) is 48.2 Å². The molecule has 0 spiro atoms. The van der Waals surface area contributed by atoms with Gasteiger partial charge in [-0.25, -0.2) is 43.6 Å². The zero-order valence-corrected chi connectivity index (χ0v) is 36.8. The molecule has 8 rings (SSSR count). The molecule has 0 bridgehead atoms. The van der Waals surface area contributed by atoms with Crippen molar-refractivity contribution in [2.24, 2.45) is 0 Å². The van der Waals surface area contributed by atoms with Crippen LogP contribution in [0.5, 0.6) is 0 Å². The molecule has 6 heterocycles. The Morgan fingerprint density at radius 2 is 0.985 bits per heavy atom. The fourth-order valence-electron chi connectivity index (χ4n) is 7.10. The molecule has 2 aromatic carbocycles. The number of carbonyl (C=O) groups excluding carboxylic acids is 2. The number of esters is 2. The summed E-state index contributed by atoms with van der Waals surface area (Å²) in [5, 5.41) is 22.6. The van der Waals surface area contributed by atoms with Gasteiger partial charge in [0.1, 0.15) is 48.1 Å². The highest BCUT2D eigenvalue weighted by Crippen LogP contribution is 2.68. The molecule has 0 aliphatic carbocycles. The predicted octanol–water partition coefficient (Wildman–Crippen LogP) is 1.02. The molecular formula is C36H39N10O18P3. The van der Waals surface area contributed by atoms with E-state index in [1.807, 2.05) is 0 Å². The third kappa shape index (κ3) is 11.0. The fraction of sp³-hybridized carbons (Fsp3) is 0.333. The summed E-state index contributed by atoms with van der Waals surface area (Å²) < 4.78 is 82.4. The second kappa shape index (κ2) is 19.5. The maximum Gasteiger partial charge on any atom is 0.490 e. The number of hydrogen-bond acceptors (Lipinski definition) is 23. The van der Waals surface area contributed by atoms with Crippen molar-refractivity contribution in [2.75, 3.05) is 24.7 Å². The molecule has 2 fully saturated rings. The summed E-state index contributed by atoms with van der Waals surface area (Å²) in [4.78, 5) is 81.5. The van der Waals surface area contributed by atoms with Crippen molar-refractivity contribution < 1.29 is 84.8 Å². The van der Waals surface area contributed by atoms with Crippen LogP contribution in [0.3, 0.4) is 0 Å². The maximum absolute atomic E-state index is 13.0. The second-order valence-corrected chi connectivity index (χ2v) is 19.3. The van der Waals surface area contributed by atoms with Gasteiger partial charge in [-0.1, -0.05) is 60.7 Å². The molecule has 67 heavy (non-hydrogen) atoms. The Hall–Kier alpha value is -5.67. The average molecular weight is 993 g/mol. The molecule has 6 aromatic rings. The molecule has 0 saturated carbocycles. The van der Waals surface area contributed by atoms with E-state index in [0.29, 0.717) is 11.1 Å². The minimum Gasteiger partial charge on any atom is -0.454 e. The first kappa shape index (κ1) is 47.8. The second-order valence-electron chi connectivity index (χ2n) is 14.7. The van der Waals surface area contributed by atoms with Crippen LogP contribution in [-0.2, 0) is 72.7 Å². The largest absolute Gasteiger partial charge is 0.490 e. The molecule has 2 aliphatic heterocycles. The Kier molecular flexibility index (Phi) is 13.9. The van der Waals surface area contributed by atoms with Crippen molar-refractivity contribution in [3.05, 3.63) is 97.1 Å². The number of ether oxygens (including phenoxy) is 4. The Morgan fingerprint density at radius 1 is 0.597 bits per heavy atom. The van der Waals surface area contributed by atoms with Crippen LogP contribution in [0.25, 0.3) is 22.3 Å². The molecule has 3 unspecified atom stereocenters. The molecule has 0 amide bonds. The van der Waals surface area contributed by atoms with Crippen molar-refractivity contribution in [3.63, 3.8) is 0 Å². The van der Waals surface area contributed by atoms with E-state index in [2.05, 4.69) is 38.5 Å². The number of fused-ring (bicyclic) bond motifs is 2. The summed E-state index contributed by atoms with van der Waals surface area (Å²) in [5.74, 6) is -1.65. The lowest BCUT2D eigenvalue weighted by atomic mass is 10.1. The topological polar surface area (TPSA) is 400 Å². The number of rotatable bonds is 18. The summed E-state index contributed by atoms with van der Waals surface area (Å²) >= 11 is 0. The summed E-state index contributed by atoms with van der Waals surface area (Å²) in [6, 6.07) is 16.9. The van der Waals surface area contributed by atoms with E-state index in [-0.39, 0.29) is 46.8 Å². The average Bonchev–Trinajstić information content (AvgIpc) is 4.04. The van der Waals surface area contributed by atoms with Gasteiger partial charge in [-0.2, -0.15) is 8.62 Å². The van der Waals surface area contributed by atoms with Gasteiger partial charge in [-0.15, -0.1) is 0 Å². The van der Waals surface area contributed by atoms with Crippen LogP contribution < -0.4 is 11.5 Å². The third-order valence-electron chi connectivity index (χ3n) is 10.1. The van der Waals surface area contributed by atoms with Crippen molar-refractivity contribution in [1.82, 2.24) is 39.0 Å². The maximum atomic E-state index is 13.0. The highest BCUT2D eigenvalue weighted by molar-refractivity contribution is 7.66. The zero-order valence-electron chi connectivity index (χ0n) is 34.1. The highest BCUT2D eigenvalue weighted by Gasteiger charge is 2.51. The first-order chi connectivity index (χ1) is 31.9. The first-order valence-corrected chi connectivity index (χ1v) is 24.1. The molecule has 28 nitrogen and oxygen atoms in total. The van der Waals surface area contributed by atoms with Crippen LogP contribution in [0.2, 0.25) is 0 Å². The first-order valence-electron chi connectivity index (χ1n) is 19.6. The Morgan fingerprint density at radius 3 is 1.37 bits per heavy atom. The summed E-state index contributed by atoms with van der Waals surface area (Å²) in [5.41, 5.74) is 13.4. The van der Waals surface area contributed by atoms with E-state index in [1.54, 1.807) is 60.7 Å². The van der Waals surface area contributed by atoms with E-state index < -0.39 is 97.7 Å². The van der Waals surface area contributed by atoms with Crippen LogP contribution in [0.15, 0.2) is 86.0 Å². The molecule has 4 aromatic heterocycles. The van der Waals surface area contributed by atoms with Crippen molar-refractivity contribution in [3.8, 4) is 0 Å². The van der Waals surface area contributed by atoms with Gasteiger partial charge in [-0.05, 0) is 11.1 Å². The van der Waals surface area contributed by atoms with Gasteiger partial charge in [-0.3, -0.25) is 27.8 Å². The van der Waals surface area contributed by atoms with Crippen LogP contribution in [0, 0.1) is 0 Å². The minimum absolute atomic E-state index is 0.0162. The number of phosphoric ester groups is 2. The Bertz CT molecular complexity index is 2710. The number of anilines is 2. The van der Waals surface area contributed by atoms with Crippen LogP contribution in [-0.4, -0.2) is 126 Å². The standard InChI is InChI=1S/C36H39N10O18P3/c37-31-25-33(41-15-39-31)45(17-43-25)35-29(61-23(47)11-19-7-3-1-4-8-19)27(49)21(59-35)13-57-65(51,52)63-67(55,56)64-66(53,54)58-14-22-28(50)30(62-24(48)12-20-9-5-2-6-10-20)36(60-22)46-18-44-26-32(38)40-16-42-34(26)46/h1-10,15-18,21-22,27-30,35-36,49-50H,11-14H2,(H,51,52)(H,53,54)(H,55,56)(H2,37,39,41)(H2,38,40,42)/t21-,22-,27-,28+,29-,30+,35-,36+/m1/s1. The molecule has 31 heteroatoms. The quantitative estimate of drug-likeness (QED) is 0.0467. The molecule has 356 valence electrons. The van der Waals surface area contributed by atoms with Gasteiger partial charge in [0.2, 0.25) is 0 Å². The Labute approximate surface area is 376 Å². The number of nitrogens with zero attached hydrogens (tertiary/aromatic N) is 8. The molecule has 2 aliphatic rings. The number of nitrogen functional groups attached to an aromatic ring is 2. The van der Waals surface area contributed by atoms with Gasteiger partial charge in [0.15, 0.2) is 47.6 Å². The van der Waals surface area contributed by atoms with Gasteiger partial charge in [0, 0.05) is 0 Å². The van der Waals surface area contributed by atoms with Crippen LogP contribution in [0.4, 0.5) is 11.6 Å². The third-order valence-corrected chi connectivity index (χ3v) is 14.3. The van der Waals surface area contributed by atoms with E-state index in [4.69, 9.17) is 39.5 Å². The molecule has 9 N–H and O–H groups in total. The summed E-state index contributed by atoms with van der Waals surface area (Å²) in [7, 11) is -17.6. The van der Waals surface area contributed by atoms with Gasteiger partial charge in [0.05, 0.1) is 38.7 Å². The van der Waals surface area contributed by atoms with Gasteiger partial charge in [0.25, 0.3) is 0 Å². The lowest BCUT2D eigenvalue weighted by molar-refractivity contribution is -0.158. The van der Waals surface area contributed by atoms with E-state index in [0.717, 1.165) is 12.7 Å². The number of nitrogens with two attached hydrogens (primary N) is 2. The molecular weight excluding hydrogens is 953 g/mol.